The van der Waals surface area contributed by atoms with Gasteiger partial charge in [0.2, 0.25) is 0 Å². The molecule has 0 atom stereocenters. The highest BCUT2D eigenvalue weighted by molar-refractivity contribution is 7.98. The molecule has 2 heterocycles. The lowest BCUT2D eigenvalue weighted by atomic mass is 10.1. The van der Waals surface area contributed by atoms with Gasteiger partial charge in [0.05, 0.1) is 33.3 Å². The molecule has 0 saturated heterocycles. The molecule has 9 nitrogen and oxygen atoms in total. The van der Waals surface area contributed by atoms with E-state index in [2.05, 4.69) is 0 Å². The Morgan fingerprint density at radius 2 is 1.71 bits per heavy atom. The van der Waals surface area contributed by atoms with Gasteiger partial charge in [-0.05, 0) is 68.7 Å². The van der Waals surface area contributed by atoms with Crippen LogP contribution in [0.4, 0.5) is 0 Å². The number of rotatable bonds is 12. The lowest BCUT2D eigenvalue weighted by molar-refractivity contribution is 0.0531. The molecule has 2 aromatic heterocycles. The third-order valence-corrected chi connectivity index (χ3v) is 8.78. The quantitative estimate of drug-likeness (QED) is 0.0880. The number of thioether (sulfide) groups is 1. The molecule has 2 aromatic carbocycles. The van der Waals surface area contributed by atoms with E-state index in [1.807, 2.05) is 18.2 Å². The molecule has 0 aliphatic rings. The number of benzene rings is 2. The second-order valence-electron chi connectivity index (χ2n) is 9.12. The number of aromatic nitrogens is 2. The van der Waals surface area contributed by atoms with Crippen molar-refractivity contribution < 1.29 is 28.5 Å². The lowest BCUT2D eigenvalue weighted by Gasteiger charge is -2.14. The Bertz CT molecular complexity index is 1660. The molecule has 4 aromatic rings. The van der Waals surface area contributed by atoms with Crippen LogP contribution < -0.4 is 19.8 Å². The summed E-state index contributed by atoms with van der Waals surface area (Å²) in [6.07, 6.45) is 0.526. The summed E-state index contributed by atoms with van der Waals surface area (Å²) >= 11 is 2.52. The van der Waals surface area contributed by atoms with Gasteiger partial charge in [0, 0.05) is 23.4 Å². The van der Waals surface area contributed by atoms with Crippen LogP contribution in [0.2, 0.25) is 0 Å². The first-order chi connectivity index (χ1) is 19.7. The molecule has 4 rings (SSSR count). The van der Waals surface area contributed by atoms with E-state index in [-0.39, 0.29) is 17.9 Å². The van der Waals surface area contributed by atoms with Crippen molar-refractivity contribution in [2.45, 2.75) is 44.6 Å². The van der Waals surface area contributed by atoms with Crippen molar-refractivity contribution in [2.75, 3.05) is 27.9 Å². The fraction of sp³-hybridized carbons (Fsp3) is 0.333. The highest BCUT2D eigenvalue weighted by Crippen LogP contribution is 2.33. The minimum absolute atomic E-state index is 0.0502. The molecule has 0 bridgehead atoms. The average molecular weight is 597 g/mol. The lowest BCUT2D eigenvalue weighted by Crippen LogP contribution is -2.24. The van der Waals surface area contributed by atoms with E-state index in [1.165, 1.54) is 18.7 Å². The minimum Gasteiger partial charge on any atom is -0.496 e. The van der Waals surface area contributed by atoms with E-state index in [0.29, 0.717) is 67.3 Å². The van der Waals surface area contributed by atoms with E-state index in [1.54, 1.807) is 57.9 Å². The summed E-state index contributed by atoms with van der Waals surface area (Å²) < 4.78 is 23.2. The molecule has 216 valence electrons. The summed E-state index contributed by atoms with van der Waals surface area (Å²) in [5, 5.41) is 0.904. The van der Waals surface area contributed by atoms with Gasteiger partial charge in [-0.1, -0.05) is 17.8 Å². The third kappa shape index (κ3) is 6.41. The highest BCUT2D eigenvalue weighted by atomic mass is 32.2. The van der Waals surface area contributed by atoms with Gasteiger partial charge < -0.3 is 18.9 Å². The van der Waals surface area contributed by atoms with Gasteiger partial charge in [-0.15, -0.1) is 11.3 Å². The summed E-state index contributed by atoms with van der Waals surface area (Å²) in [5.74, 6) is 1.75. The van der Waals surface area contributed by atoms with Crippen molar-refractivity contribution in [3.8, 4) is 17.2 Å². The van der Waals surface area contributed by atoms with Crippen LogP contribution in [0.5, 0.6) is 17.2 Å². The van der Waals surface area contributed by atoms with E-state index in [9.17, 15) is 14.4 Å². The Morgan fingerprint density at radius 1 is 1.00 bits per heavy atom. The zero-order valence-corrected chi connectivity index (χ0v) is 25.5. The van der Waals surface area contributed by atoms with Gasteiger partial charge in [-0.3, -0.25) is 14.2 Å². The van der Waals surface area contributed by atoms with Crippen molar-refractivity contribution in [2.24, 2.45) is 0 Å². The fourth-order valence-corrected chi connectivity index (χ4v) is 6.55. The number of aryl methyl sites for hydroxylation is 2. The molecule has 0 radical (unpaired) electrons. The minimum atomic E-state index is -0.468. The van der Waals surface area contributed by atoms with E-state index < -0.39 is 5.97 Å². The van der Waals surface area contributed by atoms with E-state index in [4.69, 9.17) is 23.9 Å². The first kappa shape index (κ1) is 30.1. The largest absolute Gasteiger partial charge is 0.496 e. The number of Topliss-reactive ketones (excluding diaryl/α,β-unsaturated/α-hetero) is 1. The first-order valence-corrected chi connectivity index (χ1v) is 14.7. The summed E-state index contributed by atoms with van der Waals surface area (Å²) in [5.41, 5.74) is 2.67. The average Bonchev–Trinajstić information content (AvgIpc) is 3.31. The van der Waals surface area contributed by atoms with Crippen molar-refractivity contribution >= 4 is 45.1 Å². The van der Waals surface area contributed by atoms with Crippen molar-refractivity contribution in [3.05, 3.63) is 73.9 Å². The Hall–Kier alpha value is -3.83. The van der Waals surface area contributed by atoms with Crippen LogP contribution >= 0.6 is 23.1 Å². The molecule has 0 saturated carbocycles. The second kappa shape index (κ2) is 13.2. The maximum Gasteiger partial charge on any atom is 0.348 e. The number of ether oxygens (including phenoxy) is 4. The molecular weight excluding hydrogens is 564 g/mol. The number of carbonyl (C=O) groups is 2. The number of esters is 1. The molecule has 41 heavy (non-hydrogen) atoms. The Labute approximate surface area is 246 Å². The van der Waals surface area contributed by atoms with Crippen molar-refractivity contribution in [3.63, 3.8) is 0 Å². The van der Waals surface area contributed by atoms with Crippen molar-refractivity contribution in [1.29, 1.82) is 0 Å². The number of fused-ring (bicyclic) bond motifs is 1. The fourth-order valence-electron chi connectivity index (χ4n) is 4.43. The van der Waals surface area contributed by atoms with Crippen LogP contribution in [-0.2, 0) is 23.5 Å². The Balaban J connectivity index is 1.77. The number of hydrogen-bond acceptors (Lipinski definition) is 10. The maximum absolute atomic E-state index is 13.9. The molecule has 0 fully saturated rings. The third-order valence-electron chi connectivity index (χ3n) is 6.59. The van der Waals surface area contributed by atoms with Gasteiger partial charge in [0.25, 0.3) is 5.56 Å². The van der Waals surface area contributed by atoms with Gasteiger partial charge in [0.15, 0.2) is 22.4 Å². The SMILES string of the molecule is CCOC(=O)c1sc2nc(SCc3cc(C(C)=O)ccc3OC)n(CCc3ccc(OC)c(OC)c3)c(=O)c2c1C. The highest BCUT2D eigenvalue weighted by Gasteiger charge is 2.23. The zero-order valence-electron chi connectivity index (χ0n) is 23.9. The predicted molar refractivity (Wildman–Crippen MR) is 160 cm³/mol. The molecular formula is C30H32N2O7S2. The van der Waals surface area contributed by atoms with E-state index >= 15 is 0 Å². The maximum atomic E-state index is 13.9. The van der Waals surface area contributed by atoms with Crippen LogP contribution in [0, 0.1) is 6.92 Å². The number of methoxy groups -OCH3 is 3. The van der Waals surface area contributed by atoms with E-state index in [0.717, 1.165) is 22.5 Å². The van der Waals surface area contributed by atoms with Crippen LogP contribution in [0.25, 0.3) is 10.2 Å². The second-order valence-corrected chi connectivity index (χ2v) is 11.1. The number of thiophene rings is 1. The summed E-state index contributed by atoms with van der Waals surface area (Å²) in [6.45, 7) is 5.58. The van der Waals surface area contributed by atoms with Gasteiger partial charge in [-0.2, -0.15) is 0 Å². The van der Waals surface area contributed by atoms with Crippen LogP contribution in [0.1, 0.15) is 50.6 Å². The first-order valence-electron chi connectivity index (χ1n) is 12.9. The summed E-state index contributed by atoms with van der Waals surface area (Å²) in [6, 6.07) is 10.9. The summed E-state index contributed by atoms with van der Waals surface area (Å²) in [7, 11) is 4.73. The predicted octanol–water partition coefficient (Wildman–Crippen LogP) is 5.71. The molecule has 0 aliphatic carbocycles. The van der Waals surface area contributed by atoms with Gasteiger partial charge in [0.1, 0.15) is 15.5 Å². The molecule has 0 spiro atoms. The zero-order chi connectivity index (χ0) is 29.7. The molecule has 0 unspecified atom stereocenters. The van der Waals surface area contributed by atoms with Gasteiger partial charge >= 0.3 is 5.97 Å². The molecule has 0 aliphatic heterocycles. The van der Waals surface area contributed by atoms with Gasteiger partial charge in [-0.25, -0.2) is 9.78 Å². The van der Waals surface area contributed by atoms with Crippen LogP contribution in [0.3, 0.4) is 0 Å². The van der Waals surface area contributed by atoms with Crippen LogP contribution in [0.15, 0.2) is 46.3 Å². The number of carbonyl (C=O) groups excluding carboxylic acids is 2. The monoisotopic (exact) mass is 596 g/mol. The Morgan fingerprint density at radius 3 is 2.37 bits per heavy atom. The Kier molecular flexibility index (Phi) is 9.72. The molecule has 0 N–H and O–H groups in total. The number of nitrogens with zero attached hydrogens (tertiary/aromatic N) is 2. The summed E-state index contributed by atoms with van der Waals surface area (Å²) in [4.78, 5) is 44.2. The standard InChI is InChI=1S/C30H32N2O7S2/c1-7-39-29(35)26-17(2)25-27(41-26)31-30(40-16-21-15-20(18(3)33)9-11-22(21)36-4)32(28(25)34)13-12-19-8-10-23(37-5)24(14-19)38-6/h8-11,14-15H,7,12-13,16H2,1-6H3. The molecule has 11 heteroatoms. The smallest absolute Gasteiger partial charge is 0.348 e. The van der Waals surface area contributed by atoms with Crippen LogP contribution in [-0.4, -0.2) is 49.2 Å². The number of ketones is 1. The van der Waals surface area contributed by atoms with Crippen molar-refractivity contribution in [1.82, 2.24) is 9.55 Å². The normalized spacial score (nSPS) is 11.0. The number of hydrogen-bond donors (Lipinski definition) is 0. The molecule has 0 amide bonds. The topological polar surface area (TPSA) is 106 Å².